The van der Waals surface area contributed by atoms with Crippen molar-refractivity contribution in [3.63, 3.8) is 0 Å². The van der Waals surface area contributed by atoms with Crippen LogP contribution in [0, 0.1) is 5.41 Å². The second kappa shape index (κ2) is 7.73. The van der Waals surface area contributed by atoms with Gasteiger partial charge in [0.05, 0.1) is 17.5 Å². The maximum atomic E-state index is 12.7. The van der Waals surface area contributed by atoms with Crippen molar-refractivity contribution < 1.29 is 18.0 Å². The lowest BCUT2D eigenvalue weighted by atomic mass is 9.86. The molecular formula is C22H22F3N3O. The Labute approximate surface area is 167 Å². The number of Topliss-reactive ketones (excluding diaryl/α,β-unsaturated/α-hetero) is 1. The zero-order chi connectivity index (χ0) is 21.2. The van der Waals surface area contributed by atoms with Crippen LogP contribution in [-0.2, 0) is 12.7 Å². The number of aromatic nitrogens is 2. The van der Waals surface area contributed by atoms with Crippen LogP contribution in [-0.4, -0.2) is 16.0 Å². The molecule has 0 bridgehead atoms. The van der Waals surface area contributed by atoms with E-state index in [0.717, 1.165) is 23.4 Å². The highest BCUT2D eigenvalue weighted by atomic mass is 19.4. The third-order valence-corrected chi connectivity index (χ3v) is 4.53. The summed E-state index contributed by atoms with van der Waals surface area (Å²) in [5, 5.41) is 10.1. The number of hydrogen-bond donors (Lipinski definition) is 2. The molecule has 0 aliphatic carbocycles. The second-order valence-electron chi connectivity index (χ2n) is 7.86. The summed E-state index contributed by atoms with van der Waals surface area (Å²) < 4.78 is 38.2. The number of nitrogens with zero attached hydrogens (tertiary/aromatic N) is 1. The van der Waals surface area contributed by atoms with Crippen molar-refractivity contribution in [2.75, 3.05) is 5.32 Å². The van der Waals surface area contributed by atoms with Gasteiger partial charge in [0.25, 0.3) is 0 Å². The van der Waals surface area contributed by atoms with E-state index < -0.39 is 17.2 Å². The number of rotatable bonds is 5. The Morgan fingerprint density at radius 2 is 1.62 bits per heavy atom. The van der Waals surface area contributed by atoms with Crippen LogP contribution in [0.2, 0.25) is 0 Å². The van der Waals surface area contributed by atoms with Crippen molar-refractivity contribution >= 4 is 11.5 Å². The highest BCUT2D eigenvalue weighted by Crippen LogP contribution is 2.31. The monoisotopic (exact) mass is 401 g/mol. The summed E-state index contributed by atoms with van der Waals surface area (Å²) in [5.74, 6) is 0.0727. The van der Waals surface area contributed by atoms with Crippen molar-refractivity contribution in [1.29, 1.82) is 0 Å². The number of anilines is 1. The van der Waals surface area contributed by atoms with Crippen LogP contribution in [0.4, 0.5) is 18.9 Å². The molecule has 0 aliphatic heterocycles. The highest BCUT2D eigenvalue weighted by molar-refractivity contribution is 6.00. The molecule has 152 valence electrons. The smallest absolute Gasteiger partial charge is 0.381 e. The molecule has 0 amide bonds. The van der Waals surface area contributed by atoms with Crippen LogP contribution >= 0.6 is 0 Å². The van der Waals surface area contributed by atoms with Gasteiger partial charge in [-0.3, -0.25) is 9.89 Å². The van der Waals surface area contributed by atoms with Gasteiger partial charge in [-0.05, 0) is 42.0 Å². The third-order valence-electron chi connectivity index (χ3n) is 4.53. The predicted octanol–water partition coefficient (Wildman–Crippen LogP) is 5.94. The van der Waals surface area contributed by atoms with Gasteiger partial charge in [-0.2, -0.15) is 18.3 Å². The molecule has 0 saturated heterocycles. The first kappa shape index (κ1) is 20.6. The fourth-order valence-electron chi connectivity index (χ4n) is 2.89. The summed E-state index contributed by atoms with van der Waals surface area (Å²) in [7, 11) is 0. The molecule has 7 heteroatoms. The van der Waals surface area contributed by atoms with Gasteiger partial charge < -0.3 is 5.32 Å². The summed E-state index contributed by atoms with van der Waals surface area (Å²) in [5.41, 5.74) is 2.45. The number of H-pyrrole nitrogens is 1. The number of alkyl halides is 3. The number of hydrogen-bond acceptors (Lipinski definition) is 3. The average Bonchev–Trinajstić information content (AvgIpc) is 3.13. The minimum atomic E-state index is -4.36. The Kier molecular flexibility index (Phi) is 5.50. The molecule has 3 aromatic rings. The lowest BCUT2D eigenvalue weighted by Crippen LogP contribution is -2.20. The molecule has 0 fully saturated rings. The van der Waals surface area contributed by atoms with Crippen molar-refractivity contribution in [3.05, 3.63) is 71.4 Å². The van der Waals surface area contributed by atoms with E-state index in [1.54, 1.807) is 18.3 Å². The number of benzene rings is 2. The van der Waals surface area contributed by atoms with Gasteiger partial charge in [0.1, 0.15) is 0 Å². The van der Waals surface area contributed by atoms with Crippen molar-refractivity contribution in [2.45, 2.75) is 33.5 Å². The van der Waals surface area contributed by atoms with E-state index >= 15 is 0 Å². The number of halogens is 3. The molecule has 0 saturated carbocycles. The normalized spacial score (nSPS) is 12.1. The molecule has 1 heterocycles. The number of nitrogens with one attached hydrogen (secondary N) is 2. The van der Waals surface area contributed by atoms with E-state index in [1.165, 1.54) is 12.1 Å². The Balaban J connectivity index is 1.70. The molecule has 2 N–H and O–H groups in total. The summed E-state index contributed by atoms with van der Waals surface area (Å²) in [6.07, 6.45) is -2.73. The summed E-state index contributed by atoms with van der Waals surface area (Å²) in [4.78, 5) is 12.3. The lowest BCUT2D eigenvalue weighted by Gasteiger charge is -2.16. The predicted molar refractivity (Wildman–Crippen MR) is 107 cm³/mol. The van der Waals surface area contributed by atoms with Crippen LogP contribution in [0.25, 0.3) is 11.3 Å². The van der Waals surface area contributed by atoms with Crippen LogP contribution in [0.5, 0.6) is 0 Å². The van der Waals surface area contributed by atoms with Gasteiger partial charge in [-0.15, -0.1) is 0 Å². The number of ketones is 1. The molecule has 4 nitrogen and oxygen atoms in total. The van der Waals surface area contributed by atoms with Gasteiger partial charge in [-0.25, -0.2) is 0 Å². The average molecular weight is 401 g/mol. The molecule has 0 atom stereocenters. The molecule has 1 aromatic heterocycles. The summed E-state index contributed by atoms with van der Waals surface area (Å²) in [6.45, 7) is 6.06. The first-order valence-electron chi connectivity index (χ1n) is 9.14. The first-order valence-corrected chi connectivity index (χ1v) is 9.14. The van der Waals surface area contributed by atoms with Gasteiger partial charge >= 0.3 is 6.18 Å². The van der Waals surface area contributed by atoms with E-state index in [2.05, 4.69) is 15.5 Å². The minimum Gasteiger partial charge on any atom is -0.381 e. The Hall–Kier alpha value is -3.09. The maximum absolute atomic E-state index is 12.7. The quantitative estimate of drug-likeness (QED) is 0.521. The van der Waals surface area contributed by atoms with Crippen molar-refractivity contribution in [3.8, 4) is 11.3 Å². The van der Waals surface area contributed by atoms with Gasteiger partial charge in [-0.1, -0.05) is 32.9 Å². The molecule has 0 spiro atoms. The zero-order valence-electron chi connectivity index (χ0n) is 16.4. The van der Waals surface area contributed by atoms with E-state index in [0.29, 0.717) is 23.4 Å². The van der Waals surface area contributed by atoms with Crippen LogP contribution in [0.15, 0.2) is 54.7 Å². The third kappa shape index (κ3) is 4.85. The Morgan fingerprint density at radius 1 is 1.00 bits per heavy atom. The molecule has 3 rings (SSSR count). The van der Waals surface area contributed by atoms with Crippen LogP contribution in [0.3, 0.4) is 0 Å². The first-order chi connectivity index (χ1) is 13.6. The fraction of sp³-hybridized carbons (Fsp3) is 0.273. The van der Waals surface area contributed by atoms with Gasteiger partial charge in [0.15, 0.2) is 5.78 Å². The number of aromatic amines is 1. The van der Waals surface area contributed by atoms with Crippen LogP contribution in [0.1, 0.15) is 42.3 Å². The molecule has 0 unspecified atom stereocenters. The number of carbonyl (C=O) groups is 1. The standard InChI is InChI=1S/C22H22F3N3O/c1-21(2,3)20(29)15-6-10-18(11-7-15)26-12-16-13-27-28-19(16)14-4-8-17(9-5-14)22(23,24)25/h4-11,13,26H,12H2,1-3H3,(H,27,28). The largest absolute Gasteiger partial charge is 0.416 e. The highest BCUT2D eigenvalue weighted by Gasteiger charge is 2.30. The van der Waals surface area contributed by atoms with Crippen molar-refractivity contribution in [2.24, 2.45) is 5.41 Å². The van der Waals surface area contributed by atoms with Gasteiger partial charge in [0, 0.05) is 28.8 Å². The topological polar surface area (TPSA) is 57.8 Å². The van der Waals surface area contributed by atoms with Crippen molar-refractivity contribution in [1.82, 2.24) is 10.2 Å². The second-order valence-corrected chi connectivity index (χ2v) is 7.86. The Morgan fingerprint density at radius 3 is 2.17 bits per heavy atom. The van der Waals surface area contributed by atoms with E-state index in [9.17, 15) is 18.0 Å². The maximum Gasteiger partial charge on any atom is 0.416 e. The van der Waals surface area contributed by atoms with E-state index in [-0.39, 0.29) is 5.78 Å². The summed E-state index contributed by atoms with van der Waals surface area (Å²) >= 11 is 0. The molecular weight excluding hydrogens is 379 g/mol. The minimum absolute atomic E-state index is 0.0727. The molecule has 0 aliphatic rings. The molecule has 2 aromatic carbocycles. The molecule has 0 radical (unpaired) electrons. The van der Waals surface area contributed by atoms with E-state index in [4.69, 9.17) is 0 Å². The zero-order valence-corrected chi connectivity index (χ0v) is 16.4. The SMILES string of the molecule is CC(C)(C)C(=O)c1ccc(NCc2cn[nH]c2-c2ccc(C(F)(F)F)cc2)cc1. The lowest BCUT2D eigenvalue weighted by molar-refractivity contribution is -0.137. The Bertz CT molecular complexity index is 982. The van der Waals surface area contributed by atoms with Crippen LogP contribution < -0.4 is 5.32 Å². The number of carbonyl (C=O) groups excluding carboxylic acids is 1. The van der Waals surface area contributed by atoms with Gasteiger partial charge in [0.2, 0.25) is 0 Å². The summed E-state index contributed by atoms with van der Waals surface area (Å²) in [6, 6.07) is 12.2. The fourth-order valence-corrected chi connectivity index (χ4v) is 2.89. The molecule has 29 heavy (non-hydrogen) atoms. The van der Waals surface area contributed by atoms with E-state index in [1.807, 2.05) is 32.9 Å².